The maximum absolute atomic E-state index is 5.66. The molecule has 0 aromatic carbocycles. The SMILES string of the molecule is C1CC[C@@H](CCOC[C@@H]2CCCO2)NC1. The minimum atomic E-state index is 0.379. The van der Waals surface area contributed by atoms with Crippen LogP contribution < -0.4 is 5.32 Å². The molecule has 2 fully saturated rings. The molecule has 2 heterocycles. The van der Waals surface area contributed by atoms with Crippen molar-refractivity contribution in [2.24, 2.45) is 0 Å². The van der Waals surface area contributed by atoms with E-state index in [0.29, 0.717) is 12.1 Å². The zero-order chi connectivity index (χ0) is 10.3. The van der Waals surface area contributed by atoms with Gasteiger partial charge in [0.05, 0.1) is 12.7 Å². The molecule has 0 aromatic rings. The molecule has 3 nitrogen and oxygen atoms in total. The summed E-state index contributed by atoms with van der Waals surface area (Å²) in [5, 5.41) is 3.54. The normalized spacial score (nSPS) is 32.0. The average Bonchev–Trinajstić information content (AvgIpc) is 2.79. The van der Waals surface area contributed by atoms with Gasteiger partial charge in [0.1, 0.15) is 0 Å². The Kier molecular flexibility index (Phi) is 4.90. The third-order valence-electron chi connectivity index (χ3n) is 3.35. The molecule has 0 amide bonds. The van der Waals surface area contributed by atoms with Crippen molar-refractivity contribution in [3.63, 3.8) is 0 Å². The summed E-state index contributed by atoms with van der Waals surface area (Å²) in [7, 11) is 0. The summed E-state index contributed by atoms with van der Waals surface area (Å²) in [4.78, 5) is 0. The molecule has 2 saturated heterocycles. The lowest BCUT2D eigenvalue weighted by Crippen LogP contribution is -2.35. The molecule has 88 valence electrons. The molecule has 2 aliphatic heterocycles. The van der Waals surface area contributed by atoms with E-state index in [1.54, 1.807) is 0 Å². The van der Waals surface area contributed by atoms with Crippen molar-refractivity contribution in [2.75, 3.05) is 26.4 Å². The van der Waals surface area contributed by atoms with Gasteiger partial charge in [0.25, 0.3) is 0 Å². The number of hydrogen-bond donors (Lipinski definition) is 1. The van der Waals surface area contributed by atoms with Crippen molar-refractivity contribution < 1.29 is 9.47 Å². The Morgan fingerprint density at radius 2 is 2.20 bits per heavy atom. The first-order chi connectivity index (χ1) is 7.45. The van der Waals surface area contributed by atoms with Crippen LogP contribution in [0.15, 0.2) is 0 Å². The molecule has 15 heavy (non-hydrogen) atoms. The largest absolute Gasteiger partial charge is 0.379 e. The van der Waals surface area contributed by atoms with Crippen LogP contribution >= 0.6 is 0 Å². The topological polar surface area (TPSA) is 30.5 Å². The standard InChI is InChI=1S/C12H23NO2/c1-2-7-13-11(4-1)6-9-14-10-12-5-3-8-15-12/h11-13H,1-10H2/t11-,12-/m0/s1. The van der Waals surface area contributed by atoms with Crippen molar-refractivity contribution in [2.45, 2.75) is 50.7 Å². The van der Waals surface area contributed by atoms with Crippen molar-refractivity contribution in [1.29, 1.82) is 0 Å². The highest BCUT2D eigenvalue weighted by atomic mass is 16.5. The van der Waals surface area contributed by atoms with Crippen LogP contribution in [-0.4, -0.2) is 38.5 Å². The molecular formula is C12H23NO2. The van der Waals surface area contributed by atoms with Gasteiger partial charge < -0.3 is 14.8 Å². The molecule has 0 aliphatic carbocycles. The number of piperidine rings is 1. The third kappa shape index (κ3) is 4.09. The summed E-state index contributed by atoms with van der Waals surface area (Å²) in [5.74, 6) is 0. The second kappa shape index (κ2) is 6.46. The zero-order valence-electron chi connectivity index (χ0n) is 9.54. The molecule has 0 bridgehead atoms. The first-order valence-electron chi connectivity index (χ1n) is 6.38. The highest BCUT2D eigenvalue weighted by molar-refractivity contribution is 4.71. The molecule has 0 aromatic heterocycles. The van der Waals surface area contributed by atoms with E-state index in [4.69, 9.17) is 9.47 Å². The fourth-order valence-corrected chi connectivity index (χ4v) is 2.39. The van der Waals surface area contributed by atoms with E-state index in [1.807, 2.05) is 0 Å². The Morgan fingerprint density at radius 1 is 1.20 bits per heavy atom. The average molecular weight is 213 g/mol. The van der Waals surface area contributed by atoms with Gasteiger partial charge >= 0.3 is 0 Å². The minimum absolute atomic E-state index is 0.379. The molecule has 0 unspecified atom stereocenters. The smallest absolute Gasteiger partial charge is 0.0809 e. The van der Waals surface area contributed by atoms with Crippen molar-refractivity contribution in [3.8, 4) is 0 Å². The van der Waals surface area contributed by atoms with Crippen LogP contribution in [0.4, 0.5) is 0 Å². The Labute approximate surface area is 92.5 Å². The second-order valence-corrected chi connectivity index (χ2v) is 4.65. The van der Waals surface area contributed by atoms with Crippen LogP contribution in [-0.2, 0) is 9.47 Å². The van der Waals surface area contributed by atoms with E-state index in [0.717, 1.165) is 26.2 Å². The summed E-state index contributed by atoms with van der Waals surface area (Å²) in [6.45, 7) is 3.80. The lowest BCUT2D eigenvalue weighted by Gasteiger charge is -2.23. The van der Waals surface area contributed by atoms with E-state index < -0.39 is 0 Å². The molecule has 1 N–H and O–H groups in total. The molecule has 0 radical (unpaired) electrons. The number of ether oxygens (including phenoxy) is 2. The van der Waals surface area contributed by atoms with Gasteiger partial charge in [0, 0.05) is 19.3 Å². The molecule has 3 heteroatoms. The van der Waals surface area contributed by atoms with Crippen LogP contribution in [0.3, 0.4) is 0 Å². The summed E-state index contributed by atoms with van der Waals surface area (Å²) in [6.07, 6.45) is 7.97. The molecule has 2 aliphatic rings. The summed E-state index contributed by atoms with van der Waals surface area (Å²) in [5.41, 5.74) is 0. The molecule has 0 saturated carbocycles. The summed E-state index contributed by atoms with van der Waals surface area (Å²) < 4.78 is 11.2. The summed E-state index contributed by atoms with van der Waals surface area (Å²) >= 11 is 0. The Hall–Kier alpha value is -0.120. The molecule has 0 spiro atoms. The van der Waals surface area contributed by atoms with Gasteiger partial charge in [-0.1, -0.05) is 6.42 Å². The number of nitrogens with one attached hydrogen (secondary N) is 1. The van der Waals surface area contributed by atoms with Crippen LogP contribution in [0.25, 0.3) is 0 Å². The maximum Gasteiger partial charge on any atom is 0.0809 e. The van der Waals surface area contributed by atoms with Gasteiger partial charge in [-0.25, -0.2) is 0 Å². The maximum atomic E-state index is 5.66. The number of hydrogen-bond acceptors (Lipinski definition) is 3. The van der Waals surface area contributed by atoms with E-state index in [9.17, 15) is 0 Å². The Balaban J connectivity index is 1.47. The predicted octanol–water partition coefficient (Wildman–Crippen LogP) is 1.71. The van der Waals surface area contributed by atoms with E-state index >= 15 is 0 Å². The van der Waals surface area contributed by atoms with Crippen LogP contribution in [0, 0.1) is 0 Å². The van der Waals surface area contributed by atoms with Gasteiger partial charge in [-0.2, -0.15) is 0 Å². The quantitative estimate of drug-likeness (QED) is 0.705. The van der Waals surface area contributed by atoms with Crippen LogP contribution in [0.5, 0.6) is 0 Å². The highest BCUT2D eigenvalue weighted by Crippen LogP contribution is 2.13. The minimum Gasteiger partial charge on any atom is -0.379 e. The predicted molar refractivity (Wildman–Crippen MR) is 60.1 cm³/mol. The van der Waals surface area contributed by atoms with Gasteiger partial charge in [-0.3, -0.25) is 0 Å². The van der Waals surface area contributed by atoms with Gasteiger partial charge in [0.2, 0.25) is 0 Å². The van der Waals surface area contributed by atoms with E-state index in [2.05, 4.69) is 5.32 Å². The second-order valence-electron chi connectivity index (χ2n) is 4.65. The van der Waals surface area contributed by atoms with Gasteiger partial charge in [0.15, 0.2) is 0 Å². The first kappa shape index (κ1) is 11.4. The van der Waals surface area contributed by atoms with Gasteiger partial charge in [-0.15, -0.1) is 0 Å². The molecule has 2 rings (SSSR count). The van der Waals surface area contributed by atoms with Crippen molar-refractivity contribution in [3.05, 3.63) is 0 Å². The zero-order valence-corrected chi connectivity index (χ0v) is 9.54. The Morgan fingerprint density at radius 3 is 2.93 bits per heavy atom. The lowest BCUT2D eigenvalue weighted by molar-refractivity contribution is 0.0140. The van der Waals surface area contributed by atoms with Crippen molar-refractivity contribution >= 4 is 0 Å². The van der Waals surface area contributed by atoms with E-state index in [-0.39, 0.29) is 0 Å². The Bertz CT molecular complexity index is 163. The van der Waals surface area contributed by atoms with E-state index in [1.165, 1.54) is 38.6 Å². The first-order valence-corrected chi connectivity index (χ1v) is 6.38. The van der Waals surface area contributed by atoms with Crippen LogP contribution in [0.1, 0.15) is 38.5 Å². The highest BCUT2D eigenvalue weighted by Gasteiger charge is 2.16. The van der Waals surface area contributed by atoms with Crippen LogP contribution in [0.2, 0.25) is 0 Å². The fourth-order valence-electron chi connectivity index (χ4n) is 2.39. The fraction of sp³-hybridized carbons (Fsp3) is 1.00. The third-order valence-corrected chi connectivity index (χ3v) is 3.35. The van der Waals surface area contributed by atoms with Crippen molar-refractivity contribution in [1.82, 2.24) is 5.32 Å². The lowest BCUT2D eigenvalue weighted by atomic mass is 10.0. The molecule has 2 atom stereocenters. The van der Waals surface area contributed by atoms with Gasteiger partial charge in [-0.05, 0) is 38.6 Å². The summed E-state index contributed by atoms with van der Waals surface area (Å²) in [6, 6.07) is 0.697. The number of rotatable bonds is 5. The molecular weight excluding hydrogens is 190 g/mol. The monoisotopic (exact) mass is 213 g/mol.